The normalized spacial score (nSPS) is 11.2. The second kappa shape index (κ2) is 6.59. The van der Waals surface area contributed by atoms with Crippen molar-refractivity contribution in [3.8, 4) is 11.4 Å². The van der Waals surface area contributed by atoms with Gasteiger partial charge in [0.05, 0.1) is 15.9 Å². The Kier molecular flexibility index (Phi) is 4.26. The number of hydrogen-bond acceptors (Lipinski definition) is 5. The quantitative estimate of drug-likeness (QED) is 0.560. The van der Waals surface area contributed by atoms with Crippen molar-refractivity contribution >= 4 is 40.1 Å². The third-order valence-electron chi connectivity index (χ3n) is 3.87. The number of rotatable bonds is 3. The molecule has 2 aromatic heterocycles. The first-order chi connectivity index (χ1) is 12.5. The standard InChI is InChI=1S/C18H13ClFN5S/c1-25-8-7-22-18(25)26-14-6-5-10(9-11(14)19)17-23-13-4-2-3-12(20)15(13)16(21)24-17/h2-9H,1H3,(H2,21,23,24). The van der Waals surface area contributed by atoms with Crippen LogP contribution in [0.5, 0.6) is 0 Å². The Bertz CT molecular complexity index is 1130. The molecule has 0 bridgehead atoms. The van der Waals surface area contributed by atoms with Crippen molar-refractivity contribution in [3.05, 3.63) is 59.6 Å². The van der Waals surface area contributed by atoms with Crippen molar-refractivity contribution in [1.82, 2.24) is 19.5 Å². The molecule has 2 N–H and O–H groups in total. The smallest absolute Gasteiger partial charge is 0.172 e. The molecule has 2 aromatic carbocycles. The molecular formula is C18H13ClFN5S. The van der Waals surface area contributed by atoms with Crippen LogP contribution in [0.15, 0.2) is 58.8 Å². The van der Waals surface area contributed by atoms with Crippen LogP contribution >= 0.6 is 23.4 Å². The van der Waals surface area contributed by atoms with Gasteiger partial charge in [0.15, 0.2) is 11.0 Å². The van der Waals surface area contributed by atoms with Crippen LogP contribution in [0.25, 0.3) is 22.3 Å². The van der Waals surface area contributed by atoms with Gasteiger partial charge in [-0.3, -0.25) is 0 Å². The van der Waals surface area contributed by atoms with E-state index in [2.05, 4.69) is 15.0 Å². The minimum atomic E-state index is -0.439. The first kappa shape index (κ1) is 16.8. The van der Waals surface area contributed by atoms with Crippen molar-refractivity contribution in [2.45, 2.75) is 10.1 Å². The number of benzene rings is 2. The van der Waals surface area contributed by atoms with Crippen molar-refractivity contribution in [2.75, 3.05) is 5.73 Å². The van der Waals surface area contributed by atoms with Gasteiger partial charge in [0, 0.05) is 29.9 Å². The second-order valence-corrected chi connectivity index (χ2v) is 7.05. The summed E-state index contributed by atoms with van der Waals surface area (Å²) in [5.41, 5.74) is 7.09. The molecule has 130 valence electrons. The van der Waals surface area contributed by atoms with Gasteiger partial charge in [0.1, 0.15) is 11.6 Å². The van der Waals surface area contributed by atoms with Gasteiger partial charge in [0.25, 0.3) is 0 Å². The van der Waals surface area contributed by atoms with E-state index in [9.17, 15) is 4.39 Å². The molecule has 0 saturated heterocycles. The number of imidazole rings is 1. The van der Waals surface area contributed by atoms with Crippen LogP contribution in [0, 0.1) is 5.82 Å². The van der Waals surface area contributed by atoms with Crippen molar-refractivity contribution in [3.63, 3.8) is 0 Å². The molecule has 0 saturated carbocycles. The summed E-state index contributed by atoms with van der Waals surface area (Å²) in [5.74, 6) is 0.0631. The van der Waals surface area contributed by atoms with E-state index in [1.54, 1.807) is 24.4 Å². The summed E-state index contributed by atoms with van der Waals surface area (Å²) in [4.78, 5) is 13.8. The fourth-order valence-electron chi connectivity index (χ4n) is 2.57. The fraction of sp³-hybridized carbons (Fsp3) is 0.0556. The van der Waals surface area contributed by atoms with Crippen LogP contribution in [0.1, 0.15) is 0 Å². The number of aromatic nitrogens is 4. The largest absolute Gasteiger partial charge is 0.383 e. The summed E-state index contributed by atoms with van der Waals surface area (Å²) in [6.07, 6.45) is 3.60. The third kappa shape index (κ3) is 3.00. The topological polar surface area (TPSA) is 69.6 Å². The molecule has 0 atom stereocenters. The van der Waals surface area contributed by atoms with Crippen LogP contribution < -0.4 is 5.73 Å². The zero-order valence-electron chi connectivity index (χ0n) is 13.6. The van der Waals surface area contributed by atoms with Crippen LogP contribution in [0.3, 0.4) is 0 Å². The number of nitrogens with two attached hydrogens (primary N) is 1. The molecule has 5 nitrogen and oxygen atoms in total. The van der Waals surface area contributed by atoms with Crippen LogP contribution in [0.4, 0.5) is 10.2 Å². The number of hydrogen-bond donors (Lipinski definition) is 1. The molecule has 0 aliphatic rings. The molecular weight excluding hydrogens is 373 g/mol. The SMILES string of the molecule is Cn1ccnc1Sc1ccc(-c2nc(N)c3c(F)cccc3n2)cc1Cl. The Morgan fingerprint density at radius 1 is 1.19 bits per heavy atom. The van der Waals surface area contributed by atoms with Gasteiger partial charge in [-0.25, -0.2) is 19.3 Å². The van der Waals surface area contributed by atoms with Gasteiger partial charge in [-0.1, -0.05) is 29.4 Å². The first-order valence-electron chi connectivity index (χ1n) is 7.70. The van der Waals surface area contributed by atoms with E-state index < -0.39 is 5.82 Å². The summed E-state index contributed by atoms with van der Waals surface area (Å²) < 4.78 is 15.8. The summed E-state index contributed by atoms with van der Waals surface area (Å²) in [6, 6.07) is 10.1. The average Bonchev–Trinajstić information content (AvgIpc) is 3.01. The highest BCUT2D eigenvalue weighted by Gasteiger charge is 2.13. The fourth-order valence-corrected chi connectivity index (χ4v) is 3.67. The zero-order chi connectivity index (χ0) is 18.3. The molecule has 0 aliphatic carbocycles. The lowest BCUT2D eigenvalue weighted by Crippen LogP contribution is -1.99. The molecule has 0 aliphatic heterocycles. The summed E-state index contributed by atoms with van der Waals surface area (Å²) in [7, 11) is 1.92. The number of aryl methyl sites for hydroxylation is 1. The molecule has 0 fully saturated rings. The minimum absolute atomic E-state index is 0.102. The van der Waals surface area contributed by atoms with Crippen molar-refractivity contribution < 1.29 is 4.39 Å². The maximum absolute atomic E-state index is 13.9. The maximum Gasteiger partial charge on any atom is 0.172 e. The Labute approximate surface area is 158 Å². The van der Waals surface area contributed by atoms with Gasteiger partial charge in [0.2, 0.25) is 0 Å². The monoisotopic (exact) mass is 385 g/mol. The van der Waals surface area contributed by atoms with Gasteiger partial charge in [-0.05, 0) is 30.3 Å². The highest BCUT2D eigenvalue weighted by atomic mass is 35.5. The molecule has 0 radical (unpaired) electrons. The first-order valence-corrected chi connectivity index (χ1v) is 8.89. The van der Waals surface area contributed by atoms with E-state index in [0.29, 0.717) is 21.9 Å². The Hall–Kier alpha value is -2.64. The predicted molar refractivity (Wildman–Crippen MR) is 102 cm³/mol. The highest BCUT2D eigenvalue weighted by molar-refractivity contribution is 7.99. The summed E-state index contributed by atoms with van der Waals surface area (Å²) in [5, 5.41) is 1.61. The Morgan fingerprint density at radius 2 is 2.04 bits per heavy atom. The van der Waals surface area contributed by atoms with Crippen molar-refractivity contribution in [1.29, 1.82) is 0 Å². The van der Waals surface area contributed by atoms with E-state index in [1.807, 2.05) is 29.9 Å². The van der Waals surface area contributed by atoms with E-state index >= 15 is 0 Å². The number of fused-ring (bicyclic) bond motifs is 1. The Morgan fingerprint density at radius 3 is 2.77 bits per heavy atom. The number of nitrogen functional groups attached to an aromatic ring is 1. The molecule has 26 heavy (non-hydrogen) atoms. The summed E-state index contributed by atoms with van der Waals surface area (Å²) >= 11 is 7.89. The molecule has 0 unspecified atom stereocenters. The second-order valence-electron chi connectivity index (χ2n) is 5.63. The van der Waals surface area contributed by atoms with Gasteiger partial charge in [-0.15, -0.1) is 0 Å². The van der Waals surface area contributed by atoms with Gasteiger partial charge < -0.3 is 10.3 Å². The molecule has 0 amide bonds. The van der Waals surface area contributed by atoms with E-state index in [-0.39, 0.29) is 11.2 Å². The predicted octanol–water partition coefficient (Wildman–Crippen LogP) is 4.56. The molecule has 2 heterocycles. The highest BCUT2D eigenvalue weighted by Crippen LogP contribution is 2.35. The van der Waals surface area contributed by atoms with Crippen LogP contribution in [-0.2, 0) is 7.05 Å². The third-order valence-corrected chi connectivity index (χ3v) is 5.45. The van der Waals surface area contributed by atoms with E-state index in [0.717, 1.165) is 10.1 Å². The Balaban J connectivity index is 1.74. The lowest BCUT2D eigenvalue weighted by atomic mass is 10.2. The average molecular weight is 386 g/mol. The zero-order valence-corrected chi connectivity index (χ0v) is 15.2. The van der Waals surface area contributed by atoms with E-state index in [4.69, 9.17) is 17.3 Å². The molecule has 4 rings (SSSR count). The molecule has 4 aromatic rings. The van der Waals surface area contributed by atoms with Gasteiger partial charge >= 0.3 is 0 Å². The number of halogens is 2. The maximum atomic E-state index is 13.9. The van der Waals surface area contributed by atoms with Crippen LogP contribution in [0.2, 0.25) is 5.02 Å². The lowest BCUT2D eigenvalue weighted by Gasteiger charge is -2.09. The number of nitrogens with zero attached hydrogens (tertiary/aromatic N) is 4. The van der Waals surface area contributed by atoms with E-state index in [1.165, 1.54) is 17.8 Å². The van der Waals surface area contributed by atoms with Gasteiger partial charge in [-0.2, -0.15) is 0 Å². The van der Waals surface area contributed by atoms with Crippen molar-refractivity contribution in [2.24, 2.45) is 7.05 Å². The molecule has 8 heteroatoms. The summed E-state index contributed by atoms with van der Waals surface area (Å²) in [6.45, 7) is 0. The lowest BCUT2D eigenvalue weighted by molar-refractivity contribution is 0.639. The number of anilines is 1. The minimum Gasteiger partial charge on any atom is -0.383 e. The van der Waals surface area contributed by atoms with Crippen LogP contribution in [-0.4, -0.2) is 19.5 Å². The molecule has 0 spiro atoms.